The molecule has 0 rings (SSSR count). The minimum Gasteiger partial charge on any atom is -0.463 e. The number of hydrogen-bond donors (Lipinski definition) is 3. The highest BCUT2D eigenvalue weighted by molar-refractivity contribution is 6.48. The van der Waals surface area contributed by atoms with Crippen molar-refractivity contribution in [3.63, 3.8) is 0 Å². The van der Waals surface area contributed by atoms with Crippen LogP contribution in [0.5, 0.6) is 0 Å². The lowest BCUT2D eigenvalue weighted by Gasteiger charge is -2.10. The summed E-state index contributed by atoms with van der Waals surface area (Å²) in [5, 5.41) is 0. The van der Waals surface area contributed by atoms with Gasteiger partial charge in [0.2, 0.25) is 0 Å². The normalized spacial score (nSPS) is 11.7. The van der Waals surface area contributed by atoms with E-state index in [9.17, 15) is 4.79 Å². The fraction of sp³-hybridized carbons (Fsp3) is 0.950. The van der Waals surface area contributed by atoms with Gasteiger partial charge in [-0.15, -0.1) is 0 Å². The zero-order valence-corrected chi connectivity index (χ0v) is 18.3. The highest BCUT2D eigenvalue weighted by Crippen LogP contribution is 2.13. The second kappa shape index (κ2) is 18.9. The van der Waals surface area contributed by atoms with Gasteiger partial charge < -0.3 is 23.5 Å². The number of carbonyl (C=O) groups is 1. The lowest BCUT2D eigenvalue weighted by Crippen LogP contribution is -2.40. The quantitative estimate of drug-likeness (QED) is 0.159. The van der Waals surface area contributed by atoms with Gasteiger partial charge in [-0.05, 0) is 6.42 Å². The molecular formula is C20H42O6Si. The van der Waals surface area contributed by atoms with Crippen LogP contribution in [0.2, 0.25) is 0 Å². The maximum Gasteiger partial charge on any atom is 0.671 e. The van der Waals surface area contributed by atoms with E-state index in [1.165, 1.54) is 77.0 Å². The van der Waals surface area contributed by atoms with Crippen LogP contribution in [-0.2, 0) is 14.0 Å². The van der Waals surface area contributed by atoms with Crippen LogP contribution in [0.15, 0.2) is 0 Å². The Morgan fingerprint density at radius 2 is 1.07 bits per heavy atom. The summed E-state index contributed by atoms with van der Waals surface area (Å²) in [4.78, 5) is 37.3. The van der Waals surface area contributed by atoms with Crippen LogP contribution in [0.25, 0.3) is 0 Å². The minimum atomic E-state index is -4.48. The molecule has 3 N–H and O–H groups in total. The Morgan fingerprint density at radius 3 is 1.48 bits per heavy atom. The second-order valence-corrected chi connectivity index (χ2v) is 8.78. The van der Waals surface area contributed by atoms with Crippen LogP contribution in [-0.4, -0.2) is 42.6 Å². The molecule has 0 aromatic rings. The molecule has 0 bridgehead atoms. The lowest BCUT2D eigenvalue weighted by atomic mass is 10.0. The highest BCUT2D eigenvalue weighted by atomic mass is 28.4. The van der Waals surface area contributed by atoms with E-state index in [2.05, 4.69) is 11.3 Å². The molecule has 0 saturated heterocycles. The molecule has 0 heterocycles. The smallest absolute Gasteiger partial charge is 0.463 e. The van der Waals surface area contributed by atoms with Gasteiger partial charge in [0.25, 0.3) is 0 Å². The van der Waals surface area contributed by atoms with E-state index in [0.717, 1.165) is 19.3 Å². The van der Waals surface area contributed by atoms with Crippen molar-refractivity contribution in [2.24, 2.45) is 0 Å². The Balaban J connectivity index is 3.17. The Bertz CT molecular complexity index is 333. The standard InChI is InChI=1S/C20H42O6Si/c1-2-3-4-5-6-7-8-9-10-11-12-13-14-15-16-17-20(21)25-18-19-26-27(22,23)24/h22-24H,2-19H2,1H3. The number of rotatable bonds is 20. The van der Waals surface area contributed by atoms with Crippen molar-refractivity contribution < 1.29 is 28.3 Å². The summed E-state index contributed by atoms with van der Waals surface area (Å²) in [6, 6.07) is 0. The Morgan fingerprint density at radius 1 is 0.667 bits per heavy atom. The van der Waals surface area contributed by atoms with Crippen molar-refractivity contribution in [1.82, 2.24) is 0 Å². The SMILES string of the molecule is CCCCCCCCCCCCCCCCCC(=O)OCCO[Si](O)(O)O. The summed E-state index contributed by atoms with van der Waals surface area (Å²) in [5.74, 6) is -0.311. The van der Waals surface area contributed by atoms with Gasteiger partial charge in [-0.3, -0.25) is 4.79 Å². The molecule has 0 spiro atoms. The molecule has 0 radical (unpaired) electrons. The van der Waals surface area contributed by atoms with Crippen molar-refractivity contribution in [2.45, 2.75) is 110 Å². The molecule has 0 saturated carbocycles. The molecule has 0 fully saturated rings. The Labute approximate surface area is 166 Å². The average molecular weight is 407 g/mol. The van der Waals surface area contributed by atoms with Crippen LogP contribution in [0.1, 0.15) is 110 Å². The van der Waals surface area contributed by atoms with E-state index in [-0.39, 0.29) is 19.2 Å². The largest absolute Gasteiger partial charge is 0.671 e. The van der Waals surface area contributed by atoms with Crippen LogP contribution in [0, 0.1) is 0 Å². The third-order valence-corrected chi connectivity index (χ3v) is 5.22. The van der Waals surface area contributed by atoms with Crippen LogP contribution in [0.3, 0.4) is 0 Å². The molecule has 0 aliphatic heterocycles. The molecule has 0 aromatic carbocycles. The van der Waals surface area contributed by atoms with E-state index in [4.69, 9.17) is 19.1 Å². The maximum atomic E-state index is 11.4. The monoisotopic (exact) mass is 406 g/mol. The number of carbonyl (C=O) groups excluding carboxylic acids is 1. The number of hydrogen-bond acceptors (Lipinski definition) is 6. The van der Waals surface area contributed by atoms with Gasteiger partial charge in [0.15, 0.2) is 0 Å². The molecule has 27 heavy (non-hydrogen) atoms. The van der Waals surface area contributed by atoms with Gasteiger partial charge >= 0.3 is 15.0 Å². The fourth-order valence-electron chi connectivity index (χ4n) is 3.05. The molecule has 6 nitrogen and oxygen atoms in total. The van der Waals surface area contributed by atoms with Crippen LogP contribution >= 0.6 is 0 Å². The predicted molar refractivity (Wildman–Crippen MR) is 109 cm³/mol. The number of esters is 1. The molecular weight excluding hydrogens is 364 g/mol. The predicted octanol–water partition coefficient (Wildman–Crippen LogP) is 4.22. The molecule has 162 valence electrons. The summed E-state index contributed by atoms with van der Waals surface area (Å²) < 4.78 is 9.22. The van der Waals surface area contributed by atoms with Gasteiger partial charge in [0.1, 0.15) is 6.61 Å². The van der Waals surface area contributed by atoms with Crippen molar-refractivity contribution in [3.8, 4) is 0 Å². The lowest BCUT2D eigenvalue weighted by molar-refractivity contribution is -0.145. The molecule has 0 aliphatic carbocycles. The maximum absolute atomic E-state index is 11.4. The van der Waals surface area contributed by atoms with Gasteiger partial charge in [-0.1, -0.05) is 96.8 Å². The molecule has 0 aromatic heterocycles. The average Bonchev–Trinajstić information content (AvgIpc) is 2.61. The van der Waals surface area contributed by atoms with Crippen LogP contribution < -0.4 is 0 Å². The first-order chi connectivity index (χ1) is 13.0. The summed E-state index contributed by atoms with van der Waals surface area (Å²) >= 11 is 0. The van der Waals surface area contributed by atoms with Gasteiger partial charge in [-0.25, -0.2) is 0 Å². The van der Waals surface area contributed by atoms with Gasteiger partial charge in [0.05, 0.1) is 6.61 Å². The zero-order chi connectivity index (χ0) is 20.2. The van der Waals surface area contributed by atoms with E-state index in [1.54, 1.807) is 0 Å². The minimum absolute atomic E-state index is 0.0754. The van der Waals surface area contributed by atoms with E-state index in [0.29, 0.717) is 6.42 Å². The molecule has 0 aliphatic rings. The first kappa shape index (κ1) is 26.5. The number of ether oxygens (including phenoxy) is 1. The third-order valence-electron chi connectivity index (χ3n) is 4.63. The highest BCUT2D eigenvalue weighted by Gasteiger charge is 2.30. The van der Waals surface area contributed by atoms with Crippen molar-refractivity contribution in [3.05, 3.63) is 0 Å². The summed E-state index contributed by atoms with van der Waals surface area (Å²) in [6.07, 6.45) is 19.6. The van der Waals surface area contributed by atoms with Crippen molar-refractivity contribution >= 4 is 15.0 Å². The Kier molecular flexibility index (Phi) is 18.5. The van der Waals surface area contributed by atoms with E-state index >= 15 is 0 Å². The van der Waals surface area contributed by atoms with Crippen LogP contribution in [0.4, 0.5) is 0 Å². The van der Waals surface area contributed by atoms with Gasteiger partial charge in [-0.2, -0.15) is 0 Å². The summed E-state index contributed by atoms with van der Waals surface area (Å²) in [6.45, 7) is 1.97. The summed E-state index contributed by atoms with van der Waals surface area (Å²) in [5.41, 5.74) is 0. The van der Waals surface area contributed by atoms with Gasteiger partial charge in [0, 0.05) is 6.42 Å². The summed E-state index contributed by atoms with van der Waals surface area (Å²) in [7, 11) is -4.48. The zero-order valence-electron chi connectivity index (χ0n) is 17.3. The molecule has 0 amide bonds. The number of unbranched alkanes of at least 4 members (excludes halogenated alkanes) is 14. The molecule has 7 heteroatoms. The van der Waals surface area contributed by atoms with Crippen molar-refractivity contribution in [2.75, 3.05) is 13.2 Å². The third kappa shape index (κ3) is 23.5. The molecule has 0 unspecified atom stereocenters. The van der Waals surface area contributed by atoms with E-state index in [1.807, 2.05) is 0 Å². The second-order valence-electron chi connectivity index (χ2n) is 7.34. The first-order valence-corrected chi connectivity index (χ1v) is 12.7. The van der Waals surface area contributed by atoms with Crippen molar-refractivity contribution in [1.29, 1.82) is 0 Å². The fourth-order valence-corrected chi connectivity index (χ4v) is 3.40. The topological polar surface area (TPSA) is 96.2 Å². The van der Waals surface area contributed by atoms with E-state index < -0.39 is 9.05 Å². The molecule has 0 atom stereocenters. The Hall–Kier alpha value is -0.473. The first-order valence-electron chi connectivity index (χ1n) is 10.9.